The van der Waals surface area contributed by atoms with Crippen molar-refractivity contribution in [3.05, 3.63) is 35.0 Å². The largest absolute Gasteiger partial charge is 0.405 e. The van der Waals surface area contributed by atoms with Crippen molar-refractivity contribution >= 4 is 23.2 Å². The van der Waals surface area contributed by atoms with Crippen LogP contribution in [0.4, 0.5) is 13.2 Å². The first kappa shape index (κ1) is 18.4. The Hall–Kier alpha value is -2.43. The van der Waals surface area contributed by atoms with Crippen molar-refractivity contribution in [2.45, 2.75) is 24.6 Å². The number of alkyl halides is 3. The van der Waals surface area contributed by atoms with E-state index in [9.17, 15) is 22.8 Å². The fraction of sp³-hybridized carbons (Fsp3) is 0.467. The van der Waals surface area contributed by atoms with Gasteiger partial charge in [0, 0.05) is 30.9 Å². The van der Waals surface area contributed by atoms with Crippen LogP contribution in [-0.4, -0.2) is 57.3 Å². The highest BCUT2D eigenvalue weighted by Gasteiger charge is 2.45. The van der Waals surface area contributed by atoms with Gasteiger partial charge >= 0.3 is 6.18 Å². The minimum atomic E-state index is -4.50. The van der Waals surface area contributed by atoms with Gasteiger partial charge < -0.3 is 10.2 Å². The standard InChI is InChI=1S/C15H16F3N5O2S/c16-15(17,18)9-19-13(25)14(23-5-1-4-21-23)2-6-22(7-3-14)12(24)11-8-26-10-20-11/h1,4-5,8,10H,2-3,6-7,9H2,(H,19,25). The van der Waals surface area contributed by atoms with Gasteiger partial charge in [0.1, 0.15) is 17.8 Å². The normalized spacial score (nSPS) is 17.1. The molecule has 11 heteroatoms. The molecular formula is C15H16F3N5O2S. The maximum absolute atomic E-state index is 12.6. The molecule has 26 heavy (non-hydrogen) atoms. The summed E-state index contributed by atoms with van der Waals surface area (Å²) in [4.78, 5) is 30.5. The fourth-order valence-electron chi connectivity index (χ4n) is 2.99. The van der Waals surface area contributed by atoms with Crippen LogP contribution in [0.15, 0.2) is 29.4 Å². The molecule has 1 aliphatic rings. The zero-order valence-electron chi connectivity index (χ0n) is 13.6. The first-order chi connectivity index (χ1) is 12.3. The van der Waals surface area contributed by atoms with Crippen molar-refractivity contribution in [3.63, 3.8) is 0 Å². The molecule has 1 N–H and O–H groups in total. The summed E-state index contributed by atoms with van der Waals surface area (Å²) in [7, 11) is 0. The summed E-state index contributed by atoms with van der Waals surface area (Å²) in [6, 6.07) is 1.60. The first-order valence-corrected chi connectivity index (χ1v) is 8.79. The van der Waals surface area contributed by atoms with Crippen molar-refractivity contribution in [1.82, 2.24) is 25.0 Å². The number of nitrogens with one attached hydrogen (secondary N) is 1. The van der Waals surface area contributed by atoms with Gasteiger partial charge in [-0.2, -0.15) is 18.3 Å². The third kappa shape index (κ3) is 3.71. The number of halogens is 3. The smallest absolute Gasteiger partial charge is 0.345 e. The molecule has 2 aromatic rings. The molecule has 2 aromatic heterocycles. The van der Waals surface area contributed by atoms with Crippen LogP contribution in [0.3, 0.4) is 0 Å². The van der Waals surface area contributed by atoms with E-state index in [0.29, 0.717) is 5.69 Å². The predicted molar refractivity (Wildman–Crippen MR) is 86.5 cm³/mol. The number of thiazole rings is 1. The van der Waals surface area contributed by atoms with Crippen LogP contribution in [0.5, 0.6) is 0 Å². The zero-order chi connectivity index (χ0) is 18.8. The van der Waals surface area contributed by atoms with Crippen LogP contribution in [0.25, 0.3) is 0 Å². The number of piperidine rings is 1. The summed E-state index contributed by atoms with van der Waals surface area (Å²) in [5, 5.41) is 7.64. The van der Waals surface area contributed by atoms with Crippen LogP contribution < -0.4 is 5.32 Å². The molecule has 0 bridgehead atoms. The lowest BCUT2D eigenvalue weighted by Gasteiger charge is -2.40. The van der Waals surface area contributed by atoms with Gasteiger partial charge in [0.2, 0.25) is 5.91 Å². The van der Waals surface area contributed by atoms with Gasteiger partial charge in [0.25, 0.3) is 5.91 Å². The van der Waals surface area contributed by atoms with Crippen molar-refractivity contribution in [2.24, 2.45) is 0 Å². The summed E-state index contributed by atoms with van der Waals surface area (Å²) in [6.45, 7) is -0.971. The van der Waals surface area contributed by atoms with E-state index in [1.54, 1.807) is 28.1 Å². The lowest BCUT2D eigenvalue weighted by atomic mass is 9.86. The van der Waals surface area contributed by atoms with E-state index in [4.69, 9.17) is 0 Å². The Balaban J connectivity index is 1.75. The molecule has 0 saturated carbocycles. The number of aromatic nitrogens is 3. The average molecular weight is 387 g/mol. The Bertz CT molecular complexity index is 753. The summed E-state index contributed by atoms with van der Waals surface area (Å²) in [5.74, 6) is -1.00. The fourth-order valence-corrected chi connectivity index (χ4v) is 3.51. The molecule has 1 saturated heterocycles. The van der Waals surface area contributed by atoms with Gasteiger partial charge in [-0.05, 0) is 18.9 Å². The van der Waals surface area contributed by atoms with Gasteiger partial charge in [0.05, 0.1) is 5.51 Å². The quantitative estimate of drug-likeness (QED) is 0.865. The summed E-state index contributed by atoms with van der Waals surface area (Å²) in [5.41, 5.74) is 0.617. The number of likely N-dealkylation sites (tertiary alicyclic amines) is 1. The number of hydrogen-bond acceptors (Lipinski definition) is 5. The molecule has 1 fully saturated rings. The molecule has 1 aliphatic heterocycles. The number of amides is 2. The van der Waals surface area contributed by atoms with Crippen molar-refractivity contribution in [3.8, 4) is 0 Å². The predicted octanol–water partition coefficient (Wildman–Crippen LogP) is 1.65. The highest BCUT2D eigenvalue weighted by atomic mass is 32.1. The molecule has 7 nitrogen and oxygen atoms in total. The van der Waals surface area contributed by atoms with E-state index in [1.807, 2.05) is 5.32 Å². The average Bonchev–Trinajstić information content (AvgIpc) is 3.31. The second-order valence-corrected chi connectivity index (χ2v) is 6.66. The minimum Gasteiger partial charge on any atom is -0.345 e. The van der Waals surface area contributed by atoms with E-state index >= 15 is 0 Å². The van der Waals surface area contributed by atoms with Crippen LogP contribution in [0, 0.1) is 0 Å². The van der Waals surface area contributed by atoms with Crippen molar-refractivity contribution in [1.29, 1.82) is 0 Å². The molecule has 0 aromatic carbocycles. The molecule has 0 unspecified atom stereocenters. The molecule has 0 spiro atoms. The Labute approximate surface area is 150 Å². The van der Waals surface area contributed by atoms with Gasteiger partial charge in [-0.3, -0.25) is 14.3 Å². The molecule has 3 heterocycles. The summed E-state index contributed by atoms with van der Waals surface area (Å²) < 4.78 is 38.8. The molecule has 2 amide bonds. The van der Waals surface area contributed by atoms with Crippen LogP contribution in [0.1, 0.15) is 23.3 Å². The molecular weight excluding hydrogens is 371 g/mol. The highest BCUT2D eigenvalue weighted by Crippen LogP contribution is 2.31. The monoisotopic (exact) mass is 387 g/mol. The molecule has 0 atom stereocenters. The van der Waals surface area contributed by atoms with Crippen molar-refractivity contribution in [2.75, 3.05) is 19.6 Å². The molecule has 0 radical (unpaired) electrons. The minimum absolute atomic E-state index is 0.161. The number of hydrogen-bond donors (Lipinski definition) is 1. The summed E-state index contributed by atoms with van der Waals surface area (Å²) in [6.07, 6.45) is -1.17. The zero-order valence-corrected chi connectivity index (χ0v) is 14.4. The third-order valence-electron chi connectivity index (χ3n) is 4.34. The van der Waals surface area contributed by atoms with Gasteiger partial charge in [0.15, 0.2) is 0 Å². The van der Waals surface area contributed by atoms with Gasteiger partial charge in [-0.1, -0.05) is 0 Å². The second-order valence-electron chi connectivity index (χ2n) is 5.95. The Kier molecular flexibility index (Phi) is 4.99. The van der Waals surface area contributed by atoms with E-state index in [-0.39, 0.29) is 31.8 Å². The van der Waals surface area contributed by atoms with Gasteiger partial charge in [-0.15, -0.1) is 11.3 Å². The molecule has 140 valence electrons. The third-order valence-corrected chi connectivity index (χ3v) is 4.93. The second kappa shape index (κ2) is 7.06. The van der Waals surface area contributed by atoms with E-state index in [2.05, 4.69) is 10.1 Å². The van der Waals surface area contributed by atoms with Crippen molar-refractivity contribution < 1.29 is 22.8 Å². The van der Waals surface area contributed by atoms with Crippen LogP contribution >= 0.6 is 11.3 Å². The maximum atomic E-state index is 12.6. The SMILES string of the molecule is O=C(c1cscn1)N1CCC(C(=O)NCC(F)(F)F)(n2cccn2)CC1. The number of nitrogens with zero attached hydrogens (tertiary/aromatic N) is 4. The first-order valence-electron chi connectivity index (χ1n) is 7.84. The highest BCUT2D eigenvalue weighted by molar-refractivity contribution is 7.07. The van der Waals surface area contributed by atoms with Crippen LogP contribution in [-0.2, 0) is 10.3 Å². The Morgan fingerprint density at radius 2 is 2.04 bits per heavy atom. The number of carbonyl (C=O) groups is 2. The molecule has 3 rings (SSSR count). The van der Waals surface area contributed by atoms with Crippen LogP contribution in [0.2, 0.25) is 0 Å². The Morgan fingerprint density at radius 3 is 2.58 bits per heavy atom. The number of carbonyl (C=O) groups excluding carboxylic acids is 2. The van der Waals surface area contributed by atoms with E-state index in [0.717, 1.165) is 0 Å². The topological polar surface area (TPSA) is 80.1 Å². The van der Waals surface area contributed by atoms with E-state index < -0.39 is 24.2 Å². The van der Waals surface area contributed by atoms with Gasteiger partial charge in [-0.25, -0.2) is 4.98 Å². The number of rotatable bonds is 4. The maximum Gasteiger partial charge on any atom is 0.405 e. The van der Waals surface area contributed by atoms with E-state index in [1.165, 1.54) is 22.2 Å². The Morgan fingerprint density at radius 1 is 1.31 bits per heavy atom. The lowest BCUT2D eigenvalue weighted by Crippen LogP contribution is -2.57. The lowest BCUT2D eigenvalue weighted by molar-refractivity contribution is -0.146. The summed E-state index contributed by atoms with van der Waals surface area (Å²) >= 11 is 1.30. The molecule has 0 aliphatic carbocycles.